The van der Waals surface area contributed by atoms with E-state index in [1.165, 1.54) is 25.7 Å². The summed E-state index contributed by atoms with van der Waals surface area (Å²) in [6.45, 7) is 5.53. The summed E-state index contributed by atoms with van der Waals surface area (Å²) >= 11 is 0. The summed E-state index contributed by atoms with van der Waals surface area (Å²) in [7, 11) is 1.70. The molecule has 0 aromatic heterocycles. The summed E-state index contributed by atoms with van der Waals surface area (Å²) in [5, 5.41) is 3.56. The van der Waals surface area contributed by atoms with Crippen molar-refractivity contribution in [1.82, 2.24) is 5.32 Å². The molecule has 3 heteroatoms. The van der Waals surface area contributed by atoms with Gasteiger partial charge in [0.15, 0.2) is 0 Å². The number of methoxy groups -OCH3 is 1. The molecule has 3 nitrogen and oxygen atoms in total. The summed E-state index contributed by atoms with van der Waals surface area (Å²) in [5.41, 5.74) is 0. The fraction of sp³-hybridized carbons (Fsp3) is 1.00. The van der Waals surface area contributed by atoms with Gasteiger partial charge in [-0.2, -0.15) is 0 Å². The van der Waals surface area contributed by atoms with Gasteiger partial charge in [-0.25, -0.2) is 0 Å². The zero-order valence-electron chi connectivity index (χ0n) is 10.1. The average Bonchev–Trinajstić information content (AvgIpc) is 2.23. The SMILES string of the molecule is COCCOCCNC1CCCC(C)C1. The maximum Gasteiger partial charge on any atom is 0.0700 e. The number of hydrogen-bond donors (Lipinski definition) is 1. The van der Waals surface area contributed by atoms with Crippen molar-refractivity contribution in [3.8, 4) is 0 Å². The maximum atomic E-state index is 5.40. The van der Waals surface area contributed by atoms with Crippen LogP contribution in [0, 0.1) is 5.92 Å². The molecule has 90 valence electrons. The van der Waals surface area contributed by atoms with Gasteiger partial charge in [-0.1, -0.05) is 19.8 Å². The Balaban J connectivity index is 1.90. The number of nitrogens with one attached hydrogen (secondary N) is 1. The van der Waals surface area contributed by atoms with Gasteiger partial charge in [0.1, 0.15) is 0 Å². The topological polar surface area (TPSA) is 30.5 Å². The fourth-order valence-corrected chi connectivity index (χ4v) is 2.20. The van der Waals surface area contributed by atoms with Gasteiger partial charge in [0.05, 0.1) is 19.8 Å². The quantitative estimate of drug-likeness (QED) is 0.657. The van der Waals surface area contributed by atoms with Crippen LogP contribution in [0.5, 0.6) is 0 Å². The Morgan fingerprint density at radius 3 is 2.80 bits per heavy atom. The molecule has 1 rings (SSSR count). The molecule has 0 aromatic rings. The van der Waals surface area contributed by atoms with Crippen LogP contribution in [0.15, 0.2) is 0 Å². The smallest absolute Gasteiger partial charge is 0.0700 e. The van der Waals surface area contributed by atoms with Crippen molar-refractivity contribution in [2.45, 2.75) is 38.6 Å². The fourth-order valence-electron chi connectivity index (χ4n) is 2.20. The normalized spacial score (nSPS) is 26.8. The first kappa shape index (κ1) is 12.9. The summed E-state index contributed by atoms with van der Waals surface area (Å²) < 4.78 is 10.3. The third-order valence-corrected chi connectivity index (χ3v) is 3.05. The van der Waals surface area contributed by atoms with Crippen molar-refractivity contribution in [3.05, 3.63) is 0 Å². The molecule has 0 spiro atoms. The first-order valence-corrected chi connectivity index (χ1v) is 6.13. The molecule has 1 saturated carbocycles. The lowest BCUT2D eigenvalue weighted by atomic mass is 9.87. The number of ether oxygens (including phenoxy) is 2. The highest BCUT2D eigenvalue weighted by Gasteiger charge is 2.17. The molecule has 1 fully saturated rings. The lowest BCUT2D eigenvalue weighted by Crippen LogP contribution is -2.35. The highest BCUT2D eigenvalue weighted by Crippen LogP contribution is 2.23. The minimum Gasteiger partial charge on any atom is -0.382 e. The lowest BCUT2D eigenvalue weighted by Gasteiger charge is -2.27. The van der Waals surface area contributed by atoms with Crippen LogP contribution < -0.4 is 5.32 Å². The predicted molar refractivity (Wildman–Crippen MR) is 62.1 cm³/mol. The Labute approximate surface area is 93.5 Å². The molecule has 0 aliphatic heterocycles. The van der Waals surface area contributed by atoms with Crippen molar-refractivity contribution in [2.75, 3.05) is 33.5 Å². The summed E-state index contributed by atoms with van der Waals surface area (Å²) in [5.74, 6) is 0.894. The van der Waals surface area contributed by atoms with Gasteiger partial charge in [0.25, 0.3) is 0 Å². The molecule has 0 heterocycles. The molecular formula is C12H25NO2. The van der Waals surface area contributed by atoms with E-state index in [0.29, 0.717) is 13.2 Å². The molecule has 2 unspecified atom stereocenters. The van der Waals surface area contributed by atoms with E-state index in [9.17, 15) is 0 Å². The Morgan fingerprint density at radius 1 is 1.20 bits per heavy atom. The Bertz CT molecular complexity index is 153. The third-order valence-electron chi connectivity index (χ3n) is 3.05. The first-order valence-electron chi connectivity index (χ1n) is 6.13. The molecule has 1 N–H and O–H groups in total. The van der Waals surface area contributed by atoms with Gasteiger partial charge in [0, 0.05) is 19.7 Å². The summed E-state index contributed by atoms with van der Waals surface area (Å²) in [6.07, 6.45) is 5.45. The van der Waals surface area contributed by atoms with Crippen LogP contribution in [-0.2, 0) is 9.47 Å². The summed E-state index contributed by atoms with van der Waals surface area (Å²) in [4.78, 5) is 0. The van der Waals surface area contributed by atoms with Crippen molar-refractivity contribution in [2.24, 2.45) is 5.92 Å². The van der Waals surface area contributed by atoms with Crippen LogP contribution in [0.2, 0.25) is 0 Å². The van der Waals surface area contributed by atoms with E-state index < -0.39 is 0 Å². The third kappa shape index (κ3) is 6.13. The van der Waals surface area contributed by atoms with Gasteiger partial charge in [0.2, 0.25) is 0 Å². The van der Waals surface area contributed by atoms with Gasteiger partial charge in [-0.3, -0.25) is 0 Å². The molecule has 1 aliphatic rings. The van der Waals surface area contributed by atoms with E-state index in [2.05, 4.69) is 12.2 Å². The zero-order valence-corrected chi connectivity index (χ0v) is 10.1. The van der Waals surface area contributed by atoms with Crippen molar-refractivity contribution in [3.63, 3.8) is 0 Å². The van der Waals surface area contributed by atoms with Crippen molar-refractivity contribution >= 4 is 0 Å². The maximum absolute atomic E-state index is 5.40. The van der Waals surface area contributed by atoms with Gasteiger partial charge < -0.3 is 14.8 Å². The number of rotatable bonds is 7. The summed E-state index contributed by atoms with van der Waals surface area (Å²) in [6, 6.07) is 0.722. The van der Waals surface area contributed by atoms with Gasteiger partial charge in [-0.15, -0.1) is 0 Å². The van der Waals surface area contributed by atoms with Crippen LogP contribution >= 0.6 is 0 Å². The van der Waals surface area contributed by atoms with Gasteiger partial charge >= 0.3 is 0 Å². The molecule has 15 heavy (non-hydrogen) atoms. The van der Waals surface area contributed by atoms with Crippen LogP contribution in [0.4, 0.5) is 0 Å². The first-order chi connectivity index (χ1) is 7.33. The monoisotopic (exact) mass is 215 g/mol. The van der Waals surface area contributed by atoms with Crippen LogP contribution in [-0.4, -0.2) is 39.5 Å². The van der Waals surface area contributed by atoms with E-state index >= 15 is 0 Å². The second kappa shape index (κ2) is 8.08. The van der Waals surface area contributed by atoms with E-state index in [4.69, 9.17) is 9.47 Å². The molecule has 0 amide bonds. The Hall–Kier alpha value is -0.120. The largest absolute Gasteiger partial charge is 0.382 e. The van der Waals surface area contributed by atoms with E-state index in [1.807, 2.05) is 0 Å². The van der Waals surface area contributed by atoms with Gasteiger partial charge in [-0.05, 0) is 18.8 Å². The van der Waals surface area contributed by atoms with Crippen LogP contribution in [0.25, 0.3) is 0 Å². The second-order valence-corrected chi connectivity index (χ2v) is 4.53. The standard InChI is InChI=1S/C12H25NO2/c1-11-4-3-5-12(10-11)13-6-7-15-9-8-14-2/h11-13H,3-10H2,1-2H3. The predicted octanol–water partition coefficient (Wildman–Crippen LogP) is 1.82. The highest BCUT2D eigenvalue weighted by atomic mass is 16.5. The molecule has 0 radical (unpaired) electrons. The second-order valence-electron chi connectivity index (χ2n) is 4.53. The van der Waals surface area contributed by atoms with Crippen LogP contribution in [0.1, 0.15) is 32.6 Å². The molecule has 0 saturated heterocycles. The molecule has 0 aromatic carbocycles. The average molecular weight is 215 g/mol. The number of hydrogen-bond acceptors (Lipinski definition) is 3. The van der Waals surface area contributed by atoms with Crippen LogP contribution in [0.3, 0.4) is 0 Å². The molecule has 2 atom stereocenters. The Kier molecular flexibility index (Phi) is 6.98. The van der Waals surface area contributed by atoms with Crippen molar-refractivity contribution in [1.29, 1.82) is 0 Å². The minimum absolute atomic E-state index is 0.695. The lowest BCUT2D eigenvalue weighted by molar-refractivity contribution is 0.0702. The zero-order chi connectivity index (χ0) is 10.9. The minimum atomic E-state index is 0.695. The Morgan fingerprint density at radius 2 is 2.07 bits per heavy atom. The molecule has 1 aliphatic carbocycles. The highest BCUT2D eigenvalue weighted by molar-refractivity contribution is 4.75. The van der Waals surface area contributed by atoms with E-state index in [-0.39, 0.29) is 0 Å². The van der Waals surface area contributed by atoms with E-state index in [0.717, 1.165) is 25.1 Å². The van der Waals surface area contributed by atoms with Crippen molar-refractivity contribution < 1.29 is 9.47 Å². The molecule has 0 bridgehead atoms. The molecular weight excluding hydrogens is 190 g/mol. The van der Waals surface area contributed by atoms with E-state index in [1.54, 1.807) is 7.11 Å².